The summed E-state index contributed by atoms with van der Waals surface area (Å²) >= 11 is 0. The van der Waals surface area contributed by atoms with Gasteiger partial charge in [-0.1, -0.05) is 20.8 Å². The molecular weight excluding hydrogens is 472 g/mol. The van der Waals surface area contributed by atoms with E-state index in [0.717, 1.165) is 11.1 Å². The lowest BCUT2D eigenvalue weighted by molar-refractivity contribution is 0.251. The summed E-state index contributed by atoms with van der Waals surface area (Å²) in [5, 5.41) is 21.1. The van der Waals surface area contributed by atoms with Crippen LogP contribution in [0.2, 0.25) is 0 Å². The highest BCUT2D eigenvalue weighted by Gasteiger charge is 2.42. The van der Waals surface area contributed by atoms with Gasteiger partial charge in [-0.2, -0.15) is 15.2 Å². The number of anilines is 2. The first-order valence-electron chi connectivity index (χ1n) is 12.3. The van der Waals surface area contributed by atoms with Crippen LogP contribution in [-0.4, -0.2) is 53.6 Å². The molecule has 0 bridgehead atoms. The fourth-order valence-corrected chi connectivity index (χ4v) is 4.42. The van der Waals surface area contributed by atoms with Crippen molar-refractivity contribution in [3.63, 3.8) is 0 Å². The zero-order valence-electron chi connectivity index (χ0n) is 21.8. The molecule has 4 aromatic rings. The number of carbonyl (C=O) groups is 1. The number of hydrogen-bond donors (Lipinski definition) is 4. The molecule has 0 aliphatic heterocycles. The Hall–Kier alpha value is -4.22. The Morgan fingerprint density at radius 2 is 2.00 bits per heavy atom. The minimum absolute atomic E-state index is 0.0803. The van der Waals surface area contributed by atoms with Gasteiger partial charge in [0.15, 0.2) is 0 Å². The van der Waals surface area contributed by atoms with Crippen LogP contribution in [0.25, 0.3) is 16.7 Å². The van der Waals surface area contributed by atoms with E-state index >= 15 is 0 Å². The summed E-state index contributed by atoms with van der Waals surface area (Å²) in [4.78, 5) is 35.2. The number of pyridine rings is 1. The molecule has 4 heterocycles. The largest absolute Gasteiger partial charge is 0.357 e. The minimum atomic E-state index is -0.357. The second-order valence-electron chi connectivity index (χ2n) is 10.7. The van der Waals surface area contributed by atoms with E-state index in [2.05, 4.69) is 62.0 Å². The van der Waals surface area contributed by atoms with Crippen molar-refractivity contribution in [2.24, 2.45) is 0 Å². The standard InChI is InChI=1S/C25H32N10O2/c1-13(2)34-21-14(10-27-23(26-6)32-21)7-17(22(34)36)16-8-18(16)30-24(37)31-20-9-19(25(3,4)5)33-35(20)15-11-28-29-12-15/h7,9-13,16,18H,8H2,1-6H3,(H,28,29)(H,26,27,32)(H2,30,31,37). The summed E-state index contributed by atoms with van der Waals surface area (Å²) in [7, 11) is 1.74. The van der Waals surface area contributed by atoms with Gasteiger partial charge in [0, 0.05) is 59.9 Å². The molecule has 1 saturated carbocycles. The number of nitrogens with one attached hydrogen (secondary N) is 4. The van der Waals surface area contributed by atoms with E-state index in [0.29, 0.717) is 35.1 Å². The zero-order chi connectivity index (χ0) is 26.5. The zero-order valence-corrected chi connectivity index (χ0v) is 21.8. The molecule has 194 valence electrons. The third kappa shape index (κ3) is 4.66. The smallest absolute Gasteiger partial charge is 0.320 e. The van der Waals surface area contributed by atoms with Gasteiger partial charge in [0.2, 0.25) is 5.95 Å². The van der Waals surface area contributed by atoms with Gasteiger partial charge in [0.1, 0.15) is 17.2 Å². The lowest BCUT2D eigenvalue weighted by atomic mass is 9.92. The maximum Gasteiger partial charge on any atom is 0.320 e. The van der Waals surface area contributed by atoms with Gasteiger partial charge in [-0.25, -0.2) is 14.5 Å². The number of urea groups is 1. The van der Waals surface area contributed by atoms with Crippen molar-refractivity contribution in [1.82, 2.24) is 39.8 Å². The molecule has 0 saturated heterocycles. The lowest BCUT2D eigenvalue weighted by Crippen LogP contribution is -2.33. The number of hydrogen-bond acceptors (Lipinski definition) is 7. The molecule has 2 atom stereocenters. The van der Waals surface area contributed by atoms with E-state index < -0.39 is 0 Å². The topological polar surface area (TPSA) is 147 Å². The van der Waals surface area contributed by atoms with Crippen molar-refractivity contribution >= 4 is 28.8 Å². The van der Waals surface area contributed by atoms with Crippen molar-refractivity contribution in [3.8, 4) is 5.69 Å². The fourth-order valence-electron chi connectivity index (χ4n) is 4.42. The highest BCUT2D eigenvalue weighted by molar-refractivity contribution is 5.89. The van der Waals surface area contributed by atoms with E-state index in [-0.39, 0.29) is 35.0 Å². The molecule has 5 rings (SSSR count). The molecule has 2 amide bonds. The predicted molar refractivity (Wildman–Crippen MR) is 141 cm³/mol. The maximum absolute atomic E-state index is 13.4. The Morgan fingerprint density at radius 1 is 1.22 bits per heavy atom. The van der Waals surface area contributed by atoms with E-state index in [1.807, 2.05) is 26.0 Å². The molecule has 1 aliphatic carbocycles. The van der Waals surface area contributed by atoms with Gasteiger partial charge in [0.05, 0.1) is 11.9 Å². The van der Waals surface area contributed by atoms with Gasteiger partial charge in [-0.05, 0) is 26.3 Å². The van der Waals surface area contributed by atoms with Gasteiger partial charge in [0.25, 0.3) is 5.56 Å². The summed E-state index contributed by atoms with van der Waals surface area (Å²) in [5.41, 5.74) is 2.50. The van der Waals surface area contributed by atoms with Crippen molar-refractivity contribution < 1.29 is 4.79 Å². The highest BCUT2D eigenvalue weighted by Crippen LogP contribution is 2.40. The highest BCUT2D eigenvalue weighted by atomic mass is 16.2. The number of aromatic amines is 1. The molecule has 12 nitrogen and oxygen atoms in total. The average Bonchev–Trinajstić information content (AvgIpc) is 3.20. The normalized spacial score (nSPS) is 17.3. The van der Waals surface area contributed by atoms with E-state index in [9.17, 15) is 9.59 Å². The van der Waals surface area contributed by atoms with Crippen LogP contribution in [0.1, 0.15) is 64.3 Å². The van der Waals surface area contributed by atoms with Crippen LogP contribution >= 0.6 is 0 Å². The number of nitrogens with zero attached hydrogens (tertiary/aromatic N) is 6. The molecule has 1 fully saturated rings. The van der Waals surface area contributed by atoms with Crippen molar-refractivity contribution in [1.29, 1.82) is 0 Å². The predicted octanol–water partition coefficient (Wildman–Crippen LogP) is 3.30. The molecule has 37 heavy (non-hydrogen) atoms. The van der Waals surface area contributed by atoms with Crippen LogP contribution in [0.5, 0.6) is 0 Å². The number of carbonyl (C=O) groups excluding carboxylic acids is 1. The molecule has 12 heteroatoms. The second-order valence-corrected chi connectivity index (χ2v) is 10.7. The Balaban J connectivity index is 1.37. The molecular formula is C25H32N10O2. The van der Waals surface area contributed by atoms with Gasteiger partial charge in [-0.15, -0.1) is 0 Å². The lowest BCUT2D eigenvalue weighted by Gasteiger charge is -2.16. The van der Waals surface area contributed by atoms with Gasteiger partial charge < -0.3 is 10.6 Å². The van der Waals surface area contributed by atoms with Crippen LogP contribution < -0.4 is 21.5 Å². The first-order chi connectivity index (χ1) is 17.6. The Kier molecular flexibility index (Phi) is 5.97. The monoisotopic (exact) mass is 504 g/mol. The van der Waals surface area contributed by atoms with E-state index in [1.165, 1.54) is 0 Å². The number of rotatable bonds is 6. The summed E-state index contributed by atoms with van der Waals surface area (Å²) in [6.07, 6.45) is 5.75. The third-order valence-corrected chi connectivity index (χ3v) is 6.50. The molecule has 0 radical (unpaired) electrons. The van der Waals surface area contributed by atoms with Gasteiger partial charge in [-0.3, -0.25) is 19.8 Å². The van der Waals surface area contributed by atoms with Gasteiger partial charge >= 0.3 is 6.03 Å². The Labute approximate surface area is 213 Å². The number of amides is 2. The summed E-state index contributed by atoms with van der Waals surface area (Å²) in [5.74, 6) is 0.910. The quantitative estimate of drug-likeness (QED) is 0.315. The van der Waals surface area contributed by atoms with Crippen LogP contribution in [-0.2, 0) is 5.41 Å². The Morgan fingerprint density at radius 3 is 2.65 bits per heavy atom. The average molecular weight is 505 g/mol. The van der Waals surface area contributed by atoms with Crippen molar-refractivity contribution in [3.05, 3.63) is 52.3 Å². The molecule has 2 unspecified atom stereocenters. The summed E-state index contributed by atoms with van der Waals surface area (Å²) in [6, 6.07) is 3.12. The van der Waals surface area contributed by atoms with Crippen LogP contribution in [0.4, 0.5) is 16.6 Å². The van der Waals surface area contributed by atoms with Crippen LogP contribution in [0.3, 0.4) is 0 Å². The Bertz CT molecular complexity index is 1510. The maximum atomic E-state index is 13.4. The summed E-state index contributed by atoms with van der Waals surface area (Å²) < 4.78 is 3.35. The van der Waals surface area contributed by atoms with E-state index in [4.69, 9.17) is 0 Å². The van der Waals surface area contributed by atoms with Crippen LogP contribution in [0, 0.1) is 0 Å². The van der Waals surface area contributed by atoms with Crippen molar-refractivity contribution in [2.45, 2.75) is 64.5 Å². The molecule has 0 spiro atoms. The number of H-pyrrole nitrogens is 1. The molecule has 4 N–H and O–H groups in total. The minimum Gasteiger partial charge on any atom is -0.357 e. The first kappa shape index (κ1) is 24.5. The molecule has 0 aromatic carbocycles. The molecule has 1 aliphatic rings. The fraction of sp³-hybridized carbons (Fsp3) is 0.440. The second kappa shape index (κ2) is 9.02. The first-order valence-corrected chi connectivity index (χ1v) is 12.3. The SMILES string of the molecule is CNc1ncc2cc(C3CC3NC(=O)Nc3cc(C(C)(C)C)nn3-c3cn[nH]c3)c(=O)n(C(C)C)c2n1. The van der Waals surface area contributed by atoms with Crippen LogP contribution in [0.15, 0.2) is 35.5 Å². The number of fused-ring (bicyclic) bond motifs is 1. The van der Waals surface area contributed by atoms with Crippen molar-refractivity contribution in [2.75, 3.05) is 17.7 Å². The summed E-state index contributed by atoms with van der Waals surface area (Å²) in [6.45, 7) is 10.1. The van der Waals surface area contributed by atoms with E-state index in [1.54, 1.807) is 34.9 Å². The number of aromatic nitrogens is 7. The third-order valence-electron chi connectivity index (χ3n) is 6.50. The molecule has 4 aromatic heterocycles.